The first kappa shape index (κ1) is 43.2. The largest absolute Gasteiger partial charge is 0.370 e. The number of benzene rings is 2. The van der Waals surface area contributed by atoms with Gasteiger partial charge in [-0.1, -0.05) is 25.7 Å². The highest BCUT2D eigenvalue weighted by molar-refractivity contribution is 6.24. The molecule has 4 aliphatic heterocycles. The summed E-state index contributed by atoms with van der Waals surface area (Å²) in [6.07, 6.45) is 10.4. The van der Waals surface area contributed by atoms with Crippen LogP contribution in [0.2, 0.25) is 0 Å². The Morgan fingerprint density at radius 2 is 0.983 bits per heavy atom. The van der Waals surface area contributed by atoms with Gasteiger partial charge in [0, 0.05) is 49.7 Å². The minimum atomic E-state index is -1.02. The van der Waals surface area contributed by atoms with Crippen LogP contribution in [-0.4, -0.2) is 121 Å². The van der Waals surface area contributed by atoms with Gasteiger partial charge in [0.2, 0.25) is 23.6 Å². The van der Waals surface area contributed by atoms with Crippen molar-refractivity contribution in [3.63, 3.8) is 0 Å². The molecule has 2 saturated heterocycles. The molecule has 0 aromatic heterocycles. The van der Waals surface area contributed by atoms with Gasteiger partial charge in [-0.2, -0.15) is 0 Å². The smallest absolute Gasteiger partial charge is 0.262 e. The molecule has 17 heteroatoms. The summed E-state index contributed by atoms with van der Waals surface area (Å²) in [4.78, 5) is 101. The quantitative estimate of drug-likeness (QED) is 0.255. The van der Waals surface area contributed by atoms with Crippen molar-refractivity contribution >= 4 is 52.9 Å². The van der Waals surface area contributed by atoms with Gasteiger partial charge in [0.25, 0.3) is 23.6 Å². The number of piperidine rings is 2. The molecule has 5 N–H and O–H groups in total. The highest BCUT2D eigenvalue weighted by Crippen LogP contribution is 2.33. The zero-order valence-electron chi connectivity index (χ0n) is 33.9. The summed E-state index contributed by atoms with van der Waals surface area (Å²) in [6.45, 7) is 0. The van der Waals surface area contributed by atoms with Crippen molar-refractivity contribution in [2.75, 3.05) is 33.1 Å². The maximum Gasteiger partial charge on any atom is 0.262 e. The number of anilines is 1. The van der Waals surface area contributed by atoms with Crippen molar-refractivity contribution in [1.29, 1.82) is 0 Å². The van der Waals surface area contributed by atoms with Crippen LogP contribution in [-0.2, 0) is 19.2 Å². The van der Waals surface area contributed by atoms with E-state index < -0.39 is 59.3 Å². The molecular formula is C42H53FN8O8. The van der Waals surface area contributed by atoms with Gasteiger partial charge in [0.1, 0.15) is 17.9 Å². The number of fused-ring (bicyclic) bond motifs is 2. The summed E-state index contributed by atoms with van der Waals surface area (Å²) in [6, 6.07) is 8.70. The maximum atomic E-state index is 13.2. The van der Waals surface area contributed by atoms with E-state index >= 15 is 0 Å². The summed E-state index contributed by atoms with van der Waals surface area (Å²) in [5.41, 5.74) is 1.52. The number of rotatable bonds is 7. The van der Waals surface area contributed by atoms with Gasteiger partial charge < -0.3 is 20.9 Å². The van der Waals surface area contributed by atoms with E-state index in [9.17, 15) is 42.7 Å². The average molecular weight is 817 g/mol. The third kappa shape index (κ3) is 8.96. The number of nitrogens with one attached hydrogen (secondary N) is 5. The molecule has 2 aromatic rings. The van der Waals surface area contributed by atoms with Gasteiger partial charge in [-0.15, -0.1) is 0 Å². The zero-order valence-corrected chi connectivity index (χ0v) is 33.9. The molecule has 16 nitrogen and oxygen atoms in total. The summed E-state index contributed by atoms with van der Waals surface area (Å²) in [7, 11) is 8.10. The summed E-state index contributed by atoms with van der Waals surface area (Å²) >= 11 is 0. The van der Waals surface area contributed by atoms with Gasteiger partial charge in [-0.05, 0) is 96.1 Å². The number of carbonyl (C=O) groups is 8. The van der Waals surface area contributed by atoms with Crippen LogP contribution in [0.1, 0.15) is 118 Å². The minimum Gasteiger partial charge on any atom is -0.370 e. The van der Waals surface area contributed by atoms with Crippen molar-refractivity contribution in [3.05, 3.63) is 64.5 Å². The molecule has 2 aromatic carbocycles. The number of hydrogen-bond donors (Lipinski definition) is 5. The van der Waals surface area contributed by atoms with E-state index in [2.05, 4.69) is 45.6 Å². The number of amides is 8. The van der Waals surface area contributed by atoms with Gasteiger partial charge in [-0.3, -0.25) is 58.8 Å². The number of halogens is 1. The lowest BCUT2D eigenvalue weighted by Crippen LogP contribution is -2.54. The lowest BCUT2D eigenvalue weighted by atomic mass is 9.89. The first-order valence-electron chi connectivity index (χ1n) is 20.4. The van der Waals surface area contributed by atoms with Crippen molar-refractivity contribution < 1.29 is 42.7 Å². The van der Waals surface area contributed by atoms with Crippen LogP contribution in [0.4, 0.5) is 10.1 Å². The Hall–Kier alpha value is -5.39. The number of hydrogen-bond acceptors (Lipinski definition) is 12. The fourth-order valence-electron chi connectivity index (χ4n) is 9.05. The van der Waals surface area contributed by atoms with Crippen LogP contribution in [0.3, 0.4) is 0 Å². The van der Waals surface area contributed by atoms with Crippen LogP contribution in [0, 0.1) is 5.82 Å². The standard InChI is InChI=1S/C21H26N4O4.C13H9FN2O4.C8H18N2/c1-22-15-5-3-4-6-16(15)24(2)12-7-8-13-14(11-12)21(29)25(20(13)28)17-9-10-18(26)23-19(17)27;14-6-1-2-7-8(5-6)13(20)16(12(7)19)9-3-4-10(17)15-11(9)18;1-9-7-5-3-4-6-8(7)10-2/h7-8,11,15-17,22H,3-6,9-10H2,1-2H3,(H,23,26,27);1-2,5,9H,3-4H2,(H,15,17,18);7-10H,3-6H2,1-2H3/t15-,16-,17?;;7-,8-/m0.0/s1. The fourth-order valence-corrected chi connectivity index (χ4v) is 9.05. The summed E-state index contributed by atoms with van der Waals surface area (Å²) in [5.74, 6) is -5.01. The Bertz CT molecular complexity index is 2010. The molecule has 0 radical (unpaired) electrons. The molecular weight excluding hydrogens is 764 g/mol. The van der Waals surface area contributed by atoms with E-state index in [1.54, 1.807) is 12.1 Å². The fraction of sp³-hybridized carbons (Fsp3) is 0.524. The van der Waals surface area contributed by atoms with Gasteiger partial charge in [0.15, 0.2) is 0 Å². The minimum absolute atomic E-state index is 0.0537. The van der Waals surface area contributed by atoms with Crippen molar-refractivity contribution in [3.8, 4) is 0 Å². The molecule has 316 valence electrons. The Kier molecular flexibility index (Phi) is 13.7. The van der Waals surface area contributed by atoms with Crippen molar-refractivity contribution in [2.45, 2.75) is 113 Å². The summed E-state index contributed by atoms with van der Waals surface area (Å²) < 4.78 is 13.2. The highest BCUT2D eigenvalue weighted by atomic mass is 19.1. The van der Waals surface area contributed by atoms with E-state index in [0.29, 0.717) is 35.3 Å². The number of nitrogens with zero attached hydrogens (tertiary/aromatic N) is 3. The Morgan fingerprint density at radius 3 is 1.46 bits per heavy atom. The van der Waals surface area contributed by atoms with Crippen LogP contribution >= 0.6 is 0 Å². The second-order valence-corrected chi connectivity index (χ2v) is 15.7. The average Bonchev–Trinajstić information content (AvgIpc) is 3.63. The Labute approximate surface area is 342 Å². The monoisotopic (exact) mass is 816 g/mol. The maximum absolute atomic E-state index is 13.2. The number of carbonyl (C=O) groups excluding carboxylic acids is 8. The number of likely N-dealkylation sites (N-methyl/N-ethyl adjacent to an activating group) is 4. The van der Waals surface area contributed by atoms with E-state index in [1.807, 2.05) is 20.2 Å². The van der Waals surface area contributed by atoms with Crippen molar-refractivity contribution in [1.82, 2.24) is 36.4 Å². The second-order valence-electron chi connectivity index (χ2n) is 15.7. The van der Waals surface area contributed by atoms with Gasteiger partial charge in [0.05, 0.1) is 22.3 Å². The van der Waals surface area contributed by atoms with E-state index in [-0.39, 0.29) is 42.7 Å². The molecule has 2 saturated carbocycles. The predicted molar refractivity (Wildman–Crippen MR) is 214 cm³/mol. The molecule has 2 unspecified atom stereocenters. The third-order valence-electron chi connectivity index (χ3n) is 12.3. The first-order valence-corrected chi connectivity index (χ1v) is 20.4. The zero-order chi connectivity index (χ0) is 42.5. The van der Waals surface area contributed by atoms with Crippen LogP contribution < -0.4 is 31.5 Å². The molecule has 6 aliphatic rings. The third-order valence-corrected chi connectivity index (χ3v) is 12.3. The van der Waals surface area contributed by atoms with E-state index in [4.69, 9.17) is 0 Å². The molecule has 6 atom stereocenters. The molecule has 8 rings (SSSR count). The second kappa shape index (κ2) is 18.7. The van der Waals surface area contributed by atoms with Crippen LogP contribution in [0.25, 0.3) is 0 Å². The lowest BCUT2D eigenvalue weighted by molar-refractivity contribution is -0.137. The number of imide groups is 4. The van der Waals surface area contributed by atoms with Crippen molar-refractivity contribution in [2.24, 2.45) is 0 Å². The van der Waals surface area contributed by atoms with Crippen LogP contribution in [0.15, 0.2) is 36.4 Å². The Morgan fingerprint density at radius 1 is 0.559 bits per heavy atom. The SMILES string of the molecule is CN[C@H]1CCCC[C@@H]1N(C)c1ccc2c(c1)C(=O)N(C1CCC(=O)NC1=O)C2=O.CN[C@H]1CCCC[C@@H]1NC.O=C1CCC(N2C(=O)c3ccc(F)cc3C2=O)C(=O)N1. The molecule has 0 bridgehead atoms. The molecule has 0 spiro atoms. The molecule has 4 fully saturated rings. The van der Waals surface area contributed by atoms with Gasteiger partial charge >= 0.3 is 0 Å². The topological polar surface area (TPSA) is 206 Å². The molecule has 4 heterocycles. The summed E-state index contributed by atoms with van der Waals surface area (Å²) in [5, 5.41) is 14.4. The van der Waals surface area contributed by atoms with Gasteiger partial charge in [-0.25, -0.2) is 4.39 Å². The lowest BCUT2D eigenvalue weighted by Gasteiger charge is -2.39. The Balaban J connectivity index is 0.000000168. The van der Waals surface area contributed by atoms with Crippen LogP contribution in [0.5, 0.6) is 0 Å². The first-order chi connectivity index (χ1) is 28.3. The molecule has 59 heavy (non-hydrogen) atoms. The predicted octanol–water partition coefficient (Wildman–Crippen LogP) is 2.02. The van der Waals surface area contributed by atoms with E-state index in [0.717, 1.165) is 40.5 Å². The normalized spacial score (nSPS) is 26.6. The molecule has 8 amide bonds. The molecule has 2 aliphatic carbocycles. The van der Waals surface area contributed by atoms with E-state index in [1.165, 1.54) is 44.6 Å². The highest BCUT2D eigenvalue weighted by Gasteiger charge is 2.46.